The normalized spacial score (nSPS) is 9.94. The lowest BCUT2D eigenvalue weighted by Gasteiger charge is -2.09. The van der Waals surface area contributed by atoms with Crippen LogP contribution in [0, 0.1) is 0 Å². The van der Waals surface area contributed by atoms with Gasteiger partial charge in [-0.2, -0.15) is 0 Å². The number of halogens is 1. The first-order valence-corrected chi connectivity index (χ1v) is 5.99. The summed E-state index contributed by atoms with van der Waals surface area (Å²) in [5.74, 6) is -0.774. The molecule has 0 spiro atoms. The quantitative estimate of drug-likeness (QED) is 0.772. The molecule has 1 aromatic carbocycles. The van der Waals surface area contributed by atoms with Crippen LogP contribution in [0.25, 0.3) is 0 Å². The number of carbonyl (C=O) groups excluding carboxylic acids is 2. The number of ether oxygens (including phenoxy) is 2. The first-order chi connectivity index (χ1) is 8.60. The summed E-state index contributed by atoms with van der Waals surface area (Å²) < 4.78 is 9.50. The maximum atomic E-state index is 11.6. The van der Waals surface area contributed by atoms with E-state index in [1.807, 2.05) is 0 Å². The smallest absolute Gasteiger partial charge is 0.338 e. The second-order valence-electron chi connectivity index (χ2n) is 3.56. The molecular weight excluding hydrogens is 256 g/mol. The van der Waals surface area contributed by atoms with E-state index in [-0.39, 0.29) is 12.4 Å². The Morgan fingerprint density at radius 3 is 2.67 bits per heavy atom. The molecule has 0 aliphatic carbocycles. The number of carbonyl (C=O) groups is 2. The Kier molecular flexibility index (Phi) is 5.65. The van der Waals surface area contributed by atoms with Crippen LogP contribution in [-0.2, 0) is 20.7 Å². The first-order valence-electron chi connectivity index (χ1n) is 5.61. The standard InChI is InChI=1S/C13H15ClO4/c1-3-18-12(15)8-7-9-10(13(16)17-2)5-4-6-11(9)14/h4-6H,3,7-8H2,1-2H3. The van der Waals surface area contributed by atoms with Gasteiger partial charge in [-0.15, -0.1) is 0 Å². The van der Waals surface area contributed by atoms with Crippen LogP contribution >= 0.6 is 11.6 Å². The predicted molar refractivity (Wildman–Crippen MR) is 67.7 cm³/mol. The van der Waals surface area contributed by atoms with E-state index in [9.17, 15) is 9.59 Å². The minimum atomic E-state index is -0.462. The summed E-state index contributed by atoms with van der Waals surface area (Å²) in [6.07, 6.45) is 0.532. The molecule has 0 fully saturated rings. The summed E-state index contributed by atoms with van der Waals surface area (Å²) in [5.41, 5.74) is 0.994. The maximum absolute atomic E-state index is 11.6. The van der Waals surface area contributed by atoms with Crippen molar-refractivity contribution in [2.45, 2.75) is 19.8 Å². The van der Waals surface area contributed by atoms with Gasteiger partial charge in [-0.25, -0.2) is 4.79 Å². The van der Waals surface area contributed by atoms with Gasteiger partial charge in [0.1, 0.15) is 0 Å². The molecule has 1 aromatic rings. The minimum Gasteiger partial charge on any atom is -0.466 e. The Bertz CT molecular complexity index is 443. The molecule has 5 heteroatoms. The average Bonchev–Trinajstić information content (AvgIpc) is 2.36. The third-order valence-corrected chi connectivity index (χ3v) is 2.76. The number of rotatable bonds is 5. The Balaban J connectivity index is 2.86. The van der Waals surface area contributed by atoms with Gasteiger partial charge in [0.05, 0.1) is 19.3 Å². The van der Waals surface area contributed by atoms with Crippen LogP contribution in [0.3, 0.4) is 0 Å². The van der Waals surface area contributed by atoms with Crippen LogP contribution < -0.4 is 0 Å². The second kappa shape index (κ2) is 7.01. The molecule has 0 amide bonds. The Morgan fingerprint density at radius 2 is 2.06 bits per heavy atom. The molecule has 0 aromatic heterocycles. The largest absolute Gasteiger partial charge is 0.466 e. The van der Waals surface area contributed by atoms with Crippen molar-refractivity contribution in [3.8, 4) is 0 Å². The molecule has 1 rings (SSSR count). The molecule has 0 N–H and O–H groups in total. The van der Waals surface area contributed by atoms with Gasteiger partial charge < -0.3 is 9.47 Å². The molecule has 0 unspecified atom stereocenters. The van der Waals surface area contributed by atoms with Gasteiger partial charge in [-0.1, -0.05) is 17.7 Å². The fraction of sp³-hybridized carbons (Fsp3) is 0.385. The molecule has 98 valence electrons. The van der Waals surface area contributed by atoms with Gasteiger partial charge in [-0.3, -0.25) is 4.79 Å². The van der Waals surface area contributed by atoms with Crippen LogP contribution in [-0.4, -0.2) is 25.7 Å². The lowest BCUT2D eigenvalue weighted by Crippen LogP contribution is -2.10. The van der Waals surface area contributed by atoms with Crippen LogP contribution in [0.1, 0.15) is 29.3 Å². The molecule has 18 heavy (non-hydrogen) atoms. The van der Waals surface area contributed by atoms with Crippen molar-refractivity contribution in [1.29, 1.82) is 0 Å². The van der Waals surface area contributed by atoms with Crippen molar-refractivity contribution < 1.29 is 19.1 Å². The van der Waals surface area contributed by atoms with E-state index in [0.717, 1.165) is 0 Å². The predicted octanol–water partition coefficient (Wildman–Crippen LogP) is 2.62. The van der Waals surface area contributed by atoms with Gasteiger partial charge in [0, 0.05) is 11.4 Å². The zero-order chi connectivity index (χ0) is 13.5. The van der Waals surface area contributed by atoms with E-state index in [1.54, 1.807) is 25.1 Å². The lowest BCUT2D eigenvalue weighted by atomic mass is 10.0. The molecule has 0 saturated heterocycles. The fourth-order valence-electron chi connectivity index (χ4n) is 1.57. The van der Waals surface area contributed by atoms with E-state index in [0.29, 0.717) is 29.2 Å². The number of methoxy groups -OCH3 is 1. The summed E-state index contributed by atoms with van der Waals surface area (Å²) in [6, 6.07) is 4.97. The topological polar surface area (TPSA) is 52.6 Å². The zero-order valence-corrected chi connectivity index (χ0v) is 11.1. The van der Waals surface area contributed by atoms with Gasteiger partial charge in [0.15, 0.2) is 0 Å². The molecule has 0 radical (unpaired) electrons. The highest BCUT2D eigenvalue weighted by Crippen LogP contribution is 2.22. The van der Waals surface area contributed by atoms with Crippen molar-refractivity contribution in [3.63, 3.8) is 0 Å². The van der Waals surface area contributed by atoms with Gasteiger partial charge in [0.25, 0.3) is 0 Å². The fourth-order valence-corrected chi connectivity index (χ4v) is 1.84. The van der Waals surface area contributed by atoms with Crippen molar-refractivity contribution in [2.24, 2.45) is 0 Å². The summed E-state index contributed by atoms with van der Waals surface area (Å²) in [4.78, 5) is 22.9. The highest BCUT2D eigenvalue weighted by atomic mass is 35.5. The van der Waals surface area contributed by atoms with E-state index < -0.39 is 5.97 Å². The number of benzene rings is 1. The Hall–Kier alpha value is -1.55. The molecule has 0 bridgehead atoms. The Morgan fingerprint density at radius 1 is 1.33 bits per heavy atom. The van der Waals surface area contributed by atoms with Crippen LogP contribution in [0.2, 0.25) is 5.02 Å². The van der Waals surface area contributed by atoms with E-state index in [2.05, 4.69) is 4.74 Å². The lowest BCUT2D eigenvalue weighted by molar-refractivity contribution is -0.143. The first kappa shape index (κ1) is 14.5. The average molecular weight is 271 g/mol. The number of hydrogen-bond acceptors (Lipinski definition) is 4. The second-order valence-corrected chi connectivity index (χ2v) is 3.97. The summed E-state index contributed by atoms with van der Waals surface area (Å²) >= 11 is 6.03. The van der Waals surface area contributed by atoms with Crippen LogP contribution in [0.4, 0.5) is 0 Å². The summed E-state index contributed by atoms with van der Waals surface area (Å²) in [6.45, 7) is 2.08. The highest BCUT2D eigenvalue weighted by molar-refractivity contribution is 6.31. The highest BCUT2D eigenvalue weighted by Gasteiger charge is 2.15. The summed E-state index contributed by atoms with van der Waals surface area (Å²) in [7, 11) is 1.30. The summed E-state index contributed by atoms with van der Waals surface area (Å²) in [5, 5.41) is 0.446. The van der Waals surface area contributed by atoms with E-state index in [1.165, 1.54) is 7.11 Å². The number of hydrogen-bond donors (Lipinski definition) is 0. The molecule has 4 nitrogen and oxygen atoms in total. The van der Waals surface area contributed by atoms with Crippen molar-refractivity contribution >= 4 is 23.5 Å². The Labute approximate surface area is 111 Å². The molecular formula is C13H15ClO4. The monoisotopic (exact) mass is 270 g/mol. The molecule has 0 aliphatic heterocycles. The van der Waals surface area contributed by atoms with Gasteiger partial charge >= 0.3 is 11.9 Å². The molecule has 0 aliphatic rings. The maximum Gasteiger partial charge on any atom is 0.338 e. The molecule has 0 heterocycles. The SMILES string of the molecule is CCOC(=O)CCc1c(Cl)cccc1C(=O)OC. The molecule has 0 saturated carbocycles. The van der Waals surface area contributed by atoms with E-state index >= 15 is 0 Å². The molecule has 0 atom stereocenters. The van der Waals surface area contributed by atoms with E-state index in [4.69, 9.17) is 16.3 Å². The van der Waals surface area contributed by atoms with Crippen LogP contribution in [0.5, 0.6) is 0 Å². The third kappa shape index (κ3) is 3.74. The van der Waals surface area contributed by atoms with Crippen molar-refractivity contribution in [1.82, 2.24) is 0 Å². The van der Waals surface area contributed by atoms with Gasteiger partial charge in [-0.05, 0) is 31.0 Å². The van der Waals surface area contributed by atoms with Crippen molar-refractivity contribution in [2.75, 3.05) is 13.7 Å². The number of esters is 2. The van der Waals surface area contributed by atoms with Crippen molar-refractivity contribution in [3.05, 3.63) is 34.3 Å². The van der Waals surface area contributed by atoms with Crippen LogP contribution in [0.15, 0.2) is 18.2 Å². The third-order valence-electron chi connectivity index (χ3n) is 2.41. The van der Waals surface area contributed by atoms with Gasteiger partial charge in [0.2, 0.25) is 0 Å². The zero-order valence-electron chi connectivity index (χ0n) is 10.4. The minimum absolute atomic E-state index is 0.182.